The van der Waals surface area contributed by atoms with E-state index < -0.39 is 0 Å². The van der Waals surface area contributed by atoms with E-state index in [1.165, 1.54) is 5.01 Å². The first-order valence-corrected chi connectivity index (χ1v) is 7.79. The summed E-state index contributed by atoms with van der Waals surface area (Å²) in [5.74, 6) is -0.110. The van der Waals surface area contributed by atoms with Gasteiger partial charge < -0.3 is 5.32 Å². The zero-order valence-electron chi connectivity index (χ0n) is 13.3. The number of anilines is 2. The normalized spacial score (nSPS) is 14.5. The molecule has 1 aromatic carbocycles. The lowest BCUT2D eigenvalue weighted by atomic mass is 10.1. The summed E-state index contributed by atoms with van der Waals surface area (Å²) in [6.45, 7) is 1.87. The van der Waals surface area contributed by atoms with Crippen molar-refractivity contribution in [3.63, 3.8) is 0 Å². The second-order valence-electron chi connectivity index (χ2n) is 5.51. The number of benzene rings is 1. The number of hydrogen-bond acceptors (Lipinski definition) is 4. The predicted octanol–water partition coefficient (Wildman–Crippen LogP) is 2.50. The number of amides is 2. The molecule has 0 aliphatic carbocycles. The number of carbonyl (C=O) groups is 2. The van der Waals surface area contributed by atoms with E-state index in [4.69, 9.17) is 11.6 Å². The van der Waals surface area contributed by atoms with Gasteiger partial charge in [-0.1, -0.05) is 17.7 Å². The van der Waals surface area contributed by atoms with Crippen molar-refractivity contribution in [1.29, 1.82) is 0 Å². The van der Waals surface area contributed by atoms with Crippen molar-refractivity contribution in [3.8, 4) is 0 Å². The molecule has 2 amide bonds. The number of nitrogens with zero attached hydrogens (tertiary/aromatic N) is 4. The second kappa shape index (κ2) is 6.45. The predicted molar refractivity (Wildman–Crippen MR) is 92.2 cm³/mol. The number of nitrogens with one attached hydrogen (secondary N) is 1. The van der Waals surface area contributed by atoms with Gasteiger partial charge in [-0.2, -0.15) is 10.2 Å². The highest BCUT2D eigenvalue weighted by Crippen LogP contribution is 2.26. The fourth-order valence-corrected chi connectivity index (χ4v) is 2.48. The van der Waals surface area contributed by atoms with Gasteiger partial charge in [0.05, 0.1) is 5.69 Å². The van der Waals surface area contributed by atoms with Crippen LogP contribution in [-0.2, 0) is 16.6 Å². The van der Waals surface area contributed by atoms with Gasteiger partial charge in [0, 0.05) is 37.2 Å². The number of rotatable bonds is 3. The zero-order chi connectivity index (χ0) is 17.3. The standard InChI is InChI=1S/C16H16ClN5O2/c1-10-3-4-11(9-12(10)17)22-15(23)6-5-13(19-22)16(24)18-14-7-8-21(2)20-14/h3-4,7-9H,5-6H2,1-2H3,(H,18,20,24). The van der Waals surface area contributed by atoms with Gasteiger partial charge in [0.25, 0.3) is 5.91 Å². The molecule has 3 rings (SSSR count). The van der Waals surface area contributed by atoms with Crippen LogP contribution in [0.15, 0.2) is 35.6 Å². The van der Waals surface area contributed by atoms with Crippen LogP contribution in [0.5, 0.6) is 0 Å². The van der Waals surface area contributed by atoms with Crippen molar-refractivity contribution in [2.24, 2.45) is 12.1 Å². The molecule has 0 atom stereocenters. The van der Waals surface area contributed by atoms with Crippen LogP contribution in [0.3, 0.4) is 0 Å². The summed E-state index contributed by atoms with van der Waals surface area (Å²) in [6.07, 6.45) is 2.22. The Labute approximate surface area is 143 Å². The Morgan fingerprint density at radius 3 is 2.75 bits per heavy atom. The average Bonchev–Trinajstić information content (AvgIpc) is 2.95. The molecular formula is C16H16ClN5O2. The summed E-state index contributed by atoms with van der Waals surface area (Å²) in [5, 5.41) is 12.7. The highest BCUT2D eigenvalue weighted by atomic mass is 35.5. The van der Waals surface area contributed by atoms with Gasteiger partial charge in [-0.15, -0.1) is 0 Å². The van der Waals surface area contributed by atoms with Crippen molar-refractivity contribution in [2.75, 3.05) is 10.3 Å². The minimum Gasteiger partial charge on any atom is -0.304 e. The molecule has 0 fully saturated rings. The molecule has 0 saturated carbocycles. The maximum Gasteiger partial charge on any atom is 0.273 e. The summed E-state index contributed by atoms with van der Waals surface area (Å²) in [7, 11) is 1.76. The van der Waals surface area contributed by atoms with Crippen molar-refractivity contribution < 1.29 is 9.59 Å². The first-order chi connectivity index (χ1) is 11.4. The fraction of sp³-hybridized carbons (Fsp3) is 0.250. The Hall–Kier alpha value is -2.67. The molecule has 1 aromatic heterocycles. The van der Waals surface area contributed by atoms with Crippen LogP contribution >= 0.6 is 11.6 Å². The van der Waals surface area contributed by atoms with Crippen LogP contribution in [0.2, 0.25) is 5.02 Å². The minimum absolute atomic E-state index is 0.177. The summed E-state index contributed by atoms with van der Waals surface area (Å²) < 4.78 is 1.59. The van der Waals surface area contributed by atoms with E-state index in [0.717, 1.165) is 5.56 Å². The molecule has 1 aliphatic heterocycles. The van der Waals surface area contributed by atoms with Gasteiger partial charge in [-0.3, -0.25) is 14.3 Å². The summed E-state index contributed by atoms with van der Waals surface area (Å²) in [4.78, 5) is 24.5. The van der Waals surface area contributed by atoms with E-state index >= 15 is 0 Å². The highest BCUT2D eigenvalue weighted by Gasteiger charge is 2.26. The summed E-state index contributed by atoms with van der Waals surface area (Å²) in [5.41, 5.74) is 1.72. The minimum atomic E-state index is -0.371. The molecule has 0 unspecified atom stereocenters. The fourth-order valence-electron chi connectivity index (χ4n) is 2.30. The third kappa shape index (κ3) is 3.30. The second-order valence-corrected chi connectivity index (χ2v) is 5.92. The van der Waals surface area contributed by atoms with E-state index in [1.807, 2.05) is 13.0 Å². The average molecular weight is 346 g/mol. The Bertz CT molecular complexity index is 843. The highest BCUT2D eigenvalue weighted by molar-refractivity contribution is 6.44. The van der Waals surface area contributed by atoms with E-state index in [-0.39, 0.29) is 30.4 Å². The number of aromatic nitrogens is 2. The Morgan fingerprint density at radius 1 is 1.29 bits per heavy atom. The molecule has 2 heterocycles. The number of hydrogen-bond donors (Lipinski definition) is 1. The topological polar surface area (TPSA) is 79.6 Å². The van der Waals surface area contributed by atoms with Gasteiger partial charge >= 0.3 is 0 Å². The molecule has 0 radical (unpaired) electrons. The van der Waals surface area contributed by atoms with Crippen molar-refractivity contribution in [3.05, 3.63) is 41.0 Å². The lowest BCUT2D eigenvalue weighted by molar-refractivity contribution is -0.118. The largest absolute Gasteiger partial charge is 0.304 e. The SMILES string of the molecule is Cc1ccc(N2N=C(C(=O)Nc3ccn(C)n3)CCC2=O)cc1Cl. The third-order valence-corrected chi connectivity index (χ3v) is 4.06. The van der Waals surface area contributed by atoms with Gasteiger partial charge in [0.2, 0.25) is 5.91 Å². The van der Waals surface area contributed by atoms with Crippen molar-refractivity contribution in [2.45, 2.75) is 19.8 Å². The molecule has 124 valence electrons. The molecule has 0 saturated heterocycles. The van der Waals surface area contributed by atoms with Crippen LogP contribution < -0.4 is 10.3 Å². The maximum atomic E-state index is 12.3. The van der Waals surface area contributed by atoms with Crippen LogP contribution in [0.4, 0.5) is 11.5 Å². The number of carbonyl (C=O) groups excluding carboxylic acids is 2. The molecule has 1 aliphatic rings. The van der Waals surface area contributed by atoms with E-state index in [9.17, 15) is 9.59 Å². The van der Waals surface area contributed by atoms with Crippen LogP contribution in [0.25, 0.3) is 0 Å². The zero-order valence-corrected chi connectivity index (χ0v) is 14.0. The van der Waals surface area contributed by atoms with Gasteiger partial charge in [0.15, 0.2) is 5.82 Å². The van der Waals surface area contributed by atoms with Gasteiger partial charge in [-0.05, 0) is 24.6 Å². The molecule has 0 bridgehead atoms. The van der Waals surface area contributed by atoms with E-state index in [0.29, 0.717) is 16.5 Å². The first-order valence-electron chi connectivity index (χ1n) is 7.41. The van der Waals surface area contributed by atoms with Gasteiger partial charge in [-0.25, -0.2) is 5.01 Å². The Kier molecular flexibility index (Phi) is 4.35. The van der Waals surface area contributed by atoms with Crippen LogP contribution in [0.1, 0.15) is 18.4 Å². The molecular weight excluding hydrogens is 330 g/mol. The number of hydrazone groups is 1. The number of aryl methyl sites for hydroxylation is 2. The van der Waals surface area contributed by atoms with Crippen molar-refractivity contribution >= 4 is 40.6 Å². The summed E-state index contributed by atoms with van der Waals surface area (Å²) in [6, 6.07) is 6.91. The summed E-state index contributed by atoms with van der Waals surface area (Å²) >= 11 is 6.11. The smallest absolute Gasteiger partial charge is 0.273 e. The lowest BCUT2D eigenvalue weighted by Crippen LogP contribution is -2.36. The quantitative estimate of drug-likeness (QED) is 0.928. The Balaban J connectivity index is 1.84. The van der Waals surface area contributed by atoms with E-state index in [1.54, 1.807) is 36.1 Å². The molecule has 0 spiro atoms. The Morgan fingerprint density at radius 2 is 2.08 bits per heavy atom. The molecule has 1 N–H and O–H groups in total. The van der Waals surface area contributed by atoms with E-state index in [2.05, 4.69) is 15.5 Å². The molecule has 2 aromatic rings. The third-order valence-electron chi connectivity index (χ3n) is 3.65. The number of halogens is 1. The first kappa shape index (κ1) is 16.2. The van der Waals surface area contributed by atoms with Gasteiger partial charge in [0.1, 0.15) is 5.71 Å². The lowest BCUT2D eigenvalue weighted by Gasteiger charge is -2.23. The monoisotopic (exact) mass is 345 g/mol. The molecule has 24 heavy (non-hydrogen) atoms. The maximum absolute atomic E-state index is 12.3. The molecule has 7 nitrogen and oxygen atoms in total. The molecule has 8 heteroatoms. The van der Waals surface area contributed by atoms with Crippen LogP contribution in [-0.4, -0.2) is 27.3 Å². The van der Waals surface area contributed by atoms with Crippen molar-refractivity contribution in [1.82, 2.24) is 9.78 Å². The van der Waals surface area contributed by atoms with Crippen LogP contribution in [0, 0.1) is 6.92 Å².